The molecule has 0 aliphatic rings. The number of benzene rings is 3. The van der Waals surface area contributed by atoms with E-state index in [1.807, 2.05) is 0 Å². The number of methoxy groups -OCH3 is 1. The maximum Gasteiger partial charge on any atom is 0.387 e. The molecule has 0 radical (unpaired) electrons. The van der Waals surface area contributed by atoms with Gasteiger partial charge in [-0.1, -0.05) is 12.6 Å². The van der Waals surface area contributed by atoms with E-state index in [1.165, 1.54) is 55.6 Å². The number of hydrogen-bond acceptors (Lipinski definition) is 6. The molecule has 8 nitrogen and oxygen atoms in total. The zero-order valence-electron chi connectivity index (χ0n) is 17.9. The summed E-state index contributed by atoms with van der Waals surface area (Å²) in [6, 6.07) is 17.4. The highest BCUT2D eigenvalue weighted by Crippen LogP contribution is 2.20. The highest BCUT2D eigenvalue weighted by atomic mass is 32.2. The van der Waals surface area contributed by atoms with Crippen molar-refractivity contribution in [3.05, 3.63) is 90.5 Å². The second-order valence-electron chi connectivity index (χ2n) is 6.82. The van der Waals surface area contributed by atoms with Crippen LogP contribution in [0, 0.1) is 0 Å². The van der Waals surface area contributed by atoms with Gasteiger partial charge in [0.1, 0.15) is 11.5 Å². The first-order valence-electron chi connectivity index (χ1n) is 9.75. The molecule has 1 amide bonds. The fourth-order valence-electron chi connectivity index (χ4n) is 2.79. The Hall–Kier alpha value is -4.12. The number of carbonyl (C=O) groups excluding carboxylic acids is 1. The van der Waals surface area contributed by atoms with Crippen molar-refractivity contribution in [1.29, 1.82) is 0 Å². The van der Waals surface area contributed by atoms with Crippen LogP contribution in [0.1, 0.15) is 15.9 Å². The molecule has 3 rings (SSSR count). The fraction of sp³-hybridized carbons (Fsp3) is 0.0870. The maximum absolute atomic E-state index is 12.7. The Morgan fingerprint density at radius 2 is 1.56 bits per heavy atom. The summed E-state index contributed by atoms with van der Waals surface area (Å²) in [5.41, 5.74) is 6.23. The summed E-state index contributed by atoms with van der Waals surface area (Å²) >= 11 is 0. The van der Waals surface area contributed by atoms with Gasteiger partial charge >= 0.3 is 6.61 Å². The summed E-state index contributed by atoms with van der Waals surface area (Å²) in [5.74, 6) is -0.0506. The van der Waals surface area contributed by atoms with Crippen LogP contribution >= 0.6 is 0 Å². The van der Waals surface area contributed by atoms with E-state index < -0.39 is 22.5 Å². The Morgan fingerprint density at radius 3 is 2.18 bits per heavy atom. The number of sulfonamides is 1. The van der Waals surface area contributed by atoms with E-state index in [2.05, 4.69) is 26.9 Å². The number of hydrazine groups is 1. The monoisotopic (exact) mass is 489 g/mol. The van der Waals surface area contributed by atoms with E-state index in [-0.39, 0.29) is 21.9 Å². The van der Waals surface area contributed by atoms with Gasteiger partial charge in [-0.05, 0) is 72.3 Å². The van der Waals surface area contributed by atoms with Gasteiger partial charge in [-0.3, -0.25) is 20.4 Å². The molecule has 0 fully saturated rings. The summed E-state index contributed by atoms with van der Waals surface area (Å²) in [6.07, 6.45) is 0. The third-order valence-corrected chi connectivity index (χ3v) is 5.88. The molecule has 3 N–H and O–H groups in total. The Bertz CT molecular complexity index is 1260. The van der Waals surface area contributed by atoms with Crippen molar-refractivity contribution in [3.8, 4) is 11.5 Å². The van der Waals surface area contributed by atoms with Crippen molar-refractivity contribution in [2.75, 3.05) is 11.8 Å². The topological polar surface area (TPSA) is 106 Å². The Kier molecular flexibility index (Phi) is 7.69. The zero-order valence-corrected chi connectivity index (χ0v) is 18.7. The van der Waals surface area contributed by atoms with Crippen LogP contribution in [0.15, 0.2) is 84.3 Å². The quantitative estimate of drug-likeness (QED) is 0.372. The number of rotatable bonds is 10. The van der Waals surface area contributed by atoms with E-state index in [0.29, 0.717) is 17.0 Å². The van der Waals surface area contributed by atoms with Gasteiger partial charge in [0.25, 0.3) is 15.9 Å². The minimum Gasteiger partial charge on any atom is -0.497 e. The van der Waals surface area contributed by atoms with E-state index >= 15 is 0 Å². The third kappa shape index (κ3) is 6.45. The van der Waals surface area contributed by atoms with Crippen molar-refractivity contribution in [1.82, 2.24) is 10.9 Å². The van der Waals surface area contributed by atoms with E-state index in [9.17, 15) is 22.0 Å². The van der Waals surface area contributed by atoms with Gasteiger partial charge in [0, 0.05) is 11.3 Å². The lowest BCUT2D eigenvalue weighted by molar-refractivity contribution is -0.0498. The molecule has 0 aliphatic heterocycles. The van der Waals surface area contributed by atoms with Gasteiger partial charge in [-0.2, -0.15) is 8.78 Å². The molecule has 0 saturated carbocycles. The molecule has 0 aliphatic carbocycles. The molecule has 3 aromatic carbocycles. The van der Waals surface area contributed by atoms with Crippen molar-refractivity contribution in [2.45, 2.75) is 11.5 Å². The lowest BCUT2D eigenvalue weighted by Crippen LogP contribution is -2.35. The number of anilines is 1. The predicted octanol–water partition coefficient (Wildman–Crippen LogP) is 4.00. The average Bonchev–Trinajstić information content (AvgIpc) is 2.82. The van der Waals surface area contributed by atoms with Crippen LogP contribution in [0.3, 0.4) is 0 Å². The molecule has 178 valence electrons. The van der Waals surface area contributed by atoms with Gasteiger partial charge in [0.05, 0.1) is 17.7 Å². The zero-order chi connectivity index (χ0) is 24.7. The van der Waals surface area contributed by atoms with Crippen LogP contribution in [0.25, 0.3) is 5.70 Å². The largest absolute Gasteiger partial charge is 0.497 e. The Balaban J connectivity index is 1.64. The summed E-state index contributed by atoms with van der Waals surface area (Å²) in [4.78, 5) is 12.4. The van der Waals surface area contributed by atoms with Crippen LogP contribution in [0.5, 0.6) is 11.5 Å². The number of alkyl halides is 2. The predicted molar refractivity (Wildman–Crippen MR) is 123 cm³/mol. The SMILES string of the molecule is C=C(NNC(=O)c1cccc(S(=O)(=O)Nc2ccc(OC)cc2)c1)c1ccc(OC(F)F)cc1. The van der Waals surface area contributed by atoms with E-state index in [0.717, 1.165) is 0 Å². The molecule has 0 spiro atoms. The minimum absolute atomic E-state index is 0.0168. The summed E-state index contributed by atoms with van der Waals surface area (Å²) in [5, 5.41) is 0. The van der Waals surface area contributed by atoms with Crippen molar-refractivity contribution < 1.29 is 31.5 Å². The summed E-state index contributed by atoms with van der Waals surface area (Å²) < 4.78 is 61.7. The van der Waals surface area contributed by atoms with Crippen molar-refractivity contribution in [2.24, 2.45) is 0 Å². The molecular formula is C23H21F2N3O5S. The number of hydrogen-bond donors (Lipinski definition) is 3. The van der Waals surface area contributed by atoms with Gasteiger partial charge in [0.2, 0.25) is 0 Å². The number of amides is 1. The first-order valence-corrected chi connectivity index (χ1v) is 11.2. The standard InChI is InChI=1S/C23H21F2N3O5S/c1-15(16-6-10-20(11-7-16)33-23(24)25)26-27-22(29)17-4-3-5-21(14-17)34(30,31)28-18-8-12-19(32-2)13-9-18/h3-14,23,26,28H,1H2,2H3,(H,27,29). The first kappa shape index (κ1) is 24.5. The lowest BCUT2D eigenvalue weighted by atomic mass is 10.2. The van der Waals surface area contributed by atoms with Crippen LogP contribution in [0.2, 0.25) is 0 Å². The Labute approximate surface area is 195 Å². The molecule has 0 saturated heterocycles. The van der Waals surface area contributed by atoms with Crippen molar-refractivity contribution in [3.63, 3.8) is 0 Å². The second-order valence-corrected chi connectivity index (χ2v) is 8.50. The Morgan fingerprint density at radius 1 is 0.912 bits per heavy atom. The molecule has 0 aromatic heterocycles. The molecule has 0 atom stereocenters. The van der Waals surface area contributed by atoms with Gasteiger partial charge in [-0.15, -0.1) is 0 Å². The fourth-order valence-corrected chi connectivity index (χ4v) is 3.90. The highest BCUT2D eigenvalue weighted by molar-refractivity contribution is 7.92. The van der Waals surface area contributed by atoms with Crippen LogP contribution < -0.4 is 25.0 Å². The average molecular weight is 490 g/mol. The molecule has 34 heavy (non-hydrogen) atoms. The summed E-state index contributed by atoms with van der Waals surface area (Å²) in [6.45, 7) is 0.835. The molecule has 11 heteroatoms. The van der Waals surface area contributed by atoms with Crippen LogP contribution in [-0.4, -0.2) is 28.0 Å². The normalized spacial score (nSPS) is 10.9. The van der Waals surface area contributed by atoms with E-state index in [1.54, 1.807) is 24.3 Å². The van der Waals surface area contributed by atoms with Crippen LogP contribution in [0.4, 0.5) is 14.5 Å². The number of nitrogens with one attached hydrogen (secondary N) is 3. The van der Waals surface area contributed by atoms with Crippen molar-refractivity contribution >= 4 is 27.3 Å². The maximum atomic E-state index is 12.7. The number of halogens is 2. The third-order valence-electron chi connectivity index (χ3n) is 4.50. The lowest BCUT2D eigenvalue weighted by Gasteiger charge is -2.13. The second kappa shape index (κ2) is 10.7. The molecule has 0 unspecified atom stereocenters. The number of carbonyl (C=O) groups is 1. The van der Waals surface area contributed by atoms with Gasteiger partial charge < -0.3 is 9.47 Å². The molecule has 0 bridgehead atoms. The number of ether oxygens (including phenoxy) is 2. The molecular weight excluding hydrogens is 468 g/mol. The highest BCUT2D eigenvalue weighted by Gasteiger charge is 2.17. The molecule has 3 aromatic rings. The van der Waals surface area contributed by atoms with E-state index in [4.69, 9.17) is 4.74 Å². The summed E-state index contributed by atoms with van der Waals surface area (Å²) in [7, 11) is -2.45. The van der Waals surface area contributed by atoms with Gasteiger partial charge in [-0.25, -0.2) is 8.42 Å². The first-order chi connectivity index (χ1) is 16.2. The molecule has 0 heterocycles. The van der Waals surface area contributed by atoms with Gasteiger partial charge in [0.15, 0.2) is 0 Å². The smallest absolute Gasteiger partial charge is 0.387 e. The van der Waals surface area contributed by atoms with Crippen LogP contribution in [-0.2, 0) is 10.0 Å². The minimum atomic E-state index is -3.95.